The van der Waals surface area contributed by atoms with E-state index in [-0.39, 0.29) is 11.9 Å². The molecule has 1 aromatic heterocycles. The summed E-state index contributed by atoms with van der Waals surface area (Å²) < 4.78 is 0. The third kappa shape index (κ3) is 4.29. The van der Waals surface area contributed by atoms with Crippen LogP contribution < -0.4 is 16.0 Å². The summed E-state index contributed by atoms with van der Waals surface area (Å²) in [5.74, 6) is 0.677. The van der Waals surface area contributed by atoms with E-state index < -0.39 is 6.04 Å². The van der Waals surface area contributed by atoms with Gasteiger partial charge in [0.05, 0.1) is 6.04 Å². The van der Waals surface area contributed by atoms with E-state index in [1.807, 2.05) is 36.4 Å². The third-order valence-corrected chi connectivity index (χ3v) is 4.31. The Hall–Kier alpha value is -2.47. The van der Waals surface area contributed by atoms with Gasteiger partial charge in [-0.15, -0.1) is 0 Å². The van der Waals surface area contributed by atoms with Crippen molar-refractivity contribution in [1.29, 1.82) is 0 Å². The molecule has 1 amide bonds. The molecule has 3 rings (SSSR count). The van der Waals surface area contributed by atoms with E-state index in [1.165, 1.54) is 0 Å². The molecule has 0 aliphatic carbocycles. The third-order valence-electron chi connectivity index (χ3n) is 4.31. The van der Waals surface area contributed by atoms with Crippen molar-refractivity contribution in [3.63, 3.8) is 0 Å². The highest BCUT2D eigenvalue weighted by molar-refractivity contribution is 5.82. The summed E-state index contributed by atoms with van der Waals surface area (Å²) in [5, 5.41) is 3.08. The maximum absolute atomic E-state index is 12.3. The molecule has 3 N–H and O–H groups in total. The first kappa shape index (κ1) is 16.4. The molecule has 0 saturated carbocycles. The zero-order chi connectivity index (χ0) is 16.8. The number of carbonyl (C=O) groups excluding carboxylic acids is 1. The van der Waals surface area contributed by atoms with Crippen molar-refractivity contribution in [2.75, 3.05) is 18.0 Å². The number of benzene rings is 1. The maximum atomic E-state index is 12.3. The number of nitrogens with zero attached hydrogens (tertiary/aromatic N) is 3. The van der Waals surface area contributed by atoms with Crippen LogP contribution in [0.2, 0.25) is 0 Å². The van der Waals surface area contributed by atoms with Gasteiger partial charge in [0.15, 0.2) is 0 Å². The highest BCUT2D eigenvalue weighted by Crippen LogP contribution is 2.15. The molecule has 1 atom stereocenters. The van der Waals surface area contributed by atoms with Gasteiger partial charge in [-0.1, -0.05) is 30.3 Å². The monoisotopic (exact) mass is 325 g/mol. The molecule has 1 fully saturated rings. The molecule has 1 unspecified atom stereocenters. The first-order valence-electron chi connectivity index (χ1n) is 8.34. The summed E-state index contributed by atoms with van der Waals surface area (Å²) in [7, 11) is 0. The van der Waals surface area contributed by atoms with Gasteiger partial charge in [0.1, 0.15) is 0 Å². The molecule has 24 heavy (non-hydrogen) atoms. The van der Waals surface area contributed by atoms with Crippen molar-refractivity contribution >= 4 is 11.9 Å². The van der Waals surface area contributed by atoms with Gasteiger partial charge in [0.25, 0.3) is 0 Å². The highest BCUT2D eigenvalue weighted by atomic mass is 16.2. The lowest BCUT2D eigenvalue weighted by atomic mass is 10.0. The van der Waals surface area contributed by atoms with Gasteiger partial charge in [-0.25, -0.2) is 9.97 Å². The summed E-state index contributed by atoms with van der Waals surface area (Å²) >= 11 is 0. The first-order valence-corrected chi connectivity index (χ1v) is 8.34. The van der Waals surface area contributed by atoms with E-state index in [9.17, 15) is 4.79 Å². The lowest BCUT2D eigenvalue weighted by Gasteiger charge is -2.32. The minimum absolute atomic E-state index is 0.0757. The number of hydrogen-bond donors (Lipinski definition) is 2. The zero-order valence-electron chi connectivity index (χ0n) is 13.6. The fourth-order valence-corrected chi connectivity index (χ4v) is 2.95. The number of rotatable bonds is 5. The smallest absolute Gasteiger partial charge is 0.237 e. The lowest BCUT2D eigenvalue weighted by molar-refractivity contribution is -0.123. The summed E-state index contributed by atoms with van der Waals surface area (Å²) in [6, 6.07) is 11.3. The van der Waals surface area contributed by atoms with Gasteiger partial charge < -0.3 is 16.0 Å². The average Bonchev–Trinajstić information content (AvgIpc) is 2.64. The Bertz CT molecular complexity index is 641. The van der Waals surface area contributed by atoms with Crippen molar-refractivity contribution < 1.29 is 4.79 Å². The van der Waals surface area contributed by atoms with Crippen molar-refractivity contribution in [3.8, 4) is 0 Å². The van der Waals surface area contributed by atoms with Crippen LogP contribution in [0, 0.1) is 0 Å². The van der Waals surface area contributed by atoms with Crippen molar-refractivity contribution in [1.82, 2.24) is 15.3 Å². The minimum atomic E-state index is -0.511. The Labute approximate surface area is 142 Å². The quantitative estimate of drug-likeness (QED) is 0.861. The van der Waals surface area contributed by atoms with Crippen molar-refractivity contribution in [2.45, 2.75) is 31.3 Å². The average molecular weight is 325 g/mol. The van der Waals surface area contributed by atoms with Crippen LogP contribution in [0.1, 0.15) is 18.4 Å². The Kier molecular flexibility index (Phi) is 5.38. The summed E-state index contributed by atoms with van der Waals surface area (Å²) in [6.45, 7) is 1.67. The van der Waals surface area contributed by atoms with Gasteiger partial charge in [0, 0.05) is 31.5 Å². The SMILES string of the molecule is NC(Cc1ccccc1)C(=O)NC1CCN(c2ncccn2)CC1. The molecule has 2 heterocycles. The summed E-state index contributed by atoms with van der Waals surface area (Å²) in [4.78, 5) is 23.0. The minimum Gasteiger partial charge on any atom is -0.352 e. The second-order valence-corrected chi connectivity index (χ2v) is 6.11. The Morgan fingerprint density at radius 2 is 1.83 bits per heavy atom. The van der Waals surface area contributed by atoms with Gasteiger partial charge >= 0.3 is 0 Å². The summed E-state index contributed by atoms with van der Waals surface area (Å²) in [6.07, 6.45) is 5.81. The van der Waals surface area contributed by atoms with Crippen LogP contribution in [-0.4, -0.2) is 41.0 Å². The molecule has 0 radical (unpaired) electrons. The lowest BCUT2D eigenvalue weighted by Crippen LogP contribution is -2.50. The number of piperidine rings is 1. The molecule has 1 aliphatic rings. The van der Waals surface area contributed by atoms with Crippen molar-refractivity contribution in [2.24, 2.45) is 5.73 Å². The first-order chi connectivity index (χ1) is 11.7. The molecular weight excluding hydrogens is 302 g/mol. The van der Waals surface area contributed by atoms with Crippen molar-refractivity contribution in [3.05, 3.63) is 54.4 Å². The van der Waals surface area contributed by atoms with E-state index >= 15 is 0 Å². The molecule has 6 heteroatoms. The topological polar surface area (TPSA) is 84.1 Å². The Morgan fingerprint density at radius 1 is 1.17 bits per heavy atom. The van der Waals surface area contributed by atoms with E-state index in [2.05, 4.69) is 20.2 Å². The number of carbonyl (C=O) groups is 1. The summed E-state index contributed by atoms with van der Waals surface area (Å²) in [5.41, 5.74) is 7.12. The number of aromatic nitrogens is 2. The fourth-order valence-electron chi connectivity index (χ4n) is 2.95. The number of anilines is 1. The molecule has 1 saturated heterocycles. The Balaban J connectivity index is 1.46. The van der Waals surface area contributed by atoms with Crippen LogP contribution in [0.3, 0.4) is 0 Å². The van der Waals surface area contributed by atoms with Gasteiger partial charge in [-0.2, -0.15) is 0 Å². The molecule has 2 aromatic rings. The molecule has 1 aromatic carbocycles. The second-order valence-electron chi connectivity index (χ2n) is 6.11. The largest absolute Gasteiger partial charge is 0.352 e. The van der Waals surface area contributed by atoms with E-state index in [0.29, 0.717) is 6.42 Å². The number of nitrogens with two attached hydrogens (primary N) is 1. The zero-order valence-corrected chi connectivity index (χ0v) is 13.6. The molecule has 126 valence electrons. The van der Waals surface area contributed by atoms with Gasteiger partial charge in [-0.3, -0.25) is 4.79 Å². The number of hydrogen-bond acceptors (Lipinski definition) is 5. The van der Waals surface area contributed by atoms with Crippen LogP contribution in [0.5, 0.6) is 0 Å². The normalized spacial score (nSPS) is 16.6. The van der Waals surface area contributed by atoms with Gasteiger partial charge in [0.2, 0.25) is 11.9 Å². The molecular formula is C18H23N5O. The number of amides is 1. The fraction of sp³-hybridized carbons (Fsp3) is 0.389. The second kappa shape index (κ2) is 7.88. The van der Waals surface area contributed by atoms with Crippen LogP contribution >= 0.6 is 0 Å². The van der Waals surface area contributed by atoms with Gasteiger partial charge in [-0.05, 0) is 30.9 Å². The van der Waals surface area contributed by atoms with E-state index in [1.54, 1.807) is 12.4 Å². The predicted molar refractivity (Wildman–Crippen MR) is 93.5 cm³/mol. The molecule has 0 bridgehead atoms. The standard InChI is InChI=1S/C18H23N5O/c19-16(13-14-5-2-1-3-6-14)17(24)22-15-7-11-23(12-8-15)18-20-9-4-10-21-18/h1-6,9-10,15-16H,7-8,11-13,19H2,(H,22,24). The maximum Gasteiger partial charge on any atom is 0.237 e. The highest BCUT2D eigenvalue weighted by Gasteiger charge is 2.24. The molecule has 6 nitrogen and oxygen atoms in total. The predicted octanol–water partition coefficient (Wildman–Crippen LogP) is 1.13. The molecule has 0 spiro atoms. The van der Waals surface area contributed by atoms with Crippen LogP contribution in [0.15, 0.2) is 48.8 Å². The van der Waals surface area contributed by atoms with E-state index in [4.69, 9.17) is 5.73 Å². The number of nitrogens with one attached hydrogen (secondary N) is 1. The Morgan fingerprint density at radius 3 is 2.50 bits per heavy atom. The van der Waals surface area contributed by atoms with Crippen LogP contribution in [-0.2, 0) is 11.2 Å². The van der Waals surface area contributed by atoms with Crippen LogP contribution in [0.4, 0.5) is 5.95 Å². The molecule has 1 aliphatic heterocycles. The van der Waals surface area contributed by atoms with Crippen LogP contribution in [0.25, 0.3) is 0 Å². The van der Waals surface area contributed by atoms with E-state index in [0.717, 1.165) is 37.4 Å².